The van der Waals surface area contributed by atoms with Gasteiger partial charge in [-0.1, -0.05) is 6.92 Å². The van der Waals surface area contributed by atoms with Gasteiger partial charge < -0.3 is 19.5 Å². The number of nitrogens with one attached hydrogen (secondary N) is 1. The highest BCUT2D eigenvalue weighted by molar-refractivity contribution is 5.42. The summed E-state index contributed by atoms with van der Waals surface area (Å²) in [5.74, 6) is 2.17. The van der Waals surface area contributed by atoms with Crippen LogP contribution in [0, 0.1) is 5.92 Å². The highest BCUT2D eigenvalue weighted by Gasteiger charge is 2.25. The molecule has 106 valence electrons. The minimum absolute atomic E-state index is 0.00236. The van der Waals surface area contributed by atoms with Gasteiger partial charge in [0.15, 0.2) is 0 Å². The van der Waals surface area contributed by atoms with Crippen LogP contribution in [0.2, 0.25) is 0 Å². The molecular formula is C15H23NO3. The summed E-state index contributed by atoms with van der Waals surface area (Å²) < 4.78 is 16.7. The predicted octanol–water partition coefficient (Wildman–Crippen LogP) is 2.39. The molecule has 1 N–H and O–H groups in total. The maximum atomic E-state index is 6.02. The summed E-state index contributed by atoms with van der Waals surface area (Å²) in [5, 5.41) is 3.51. The van der Waals surface area contributed by atoms with E-state index in [0.717, 1.165) is 30.2 Å². The average Bonchev–Trinajstić information content (AvgIpc) is 2.61. The Morgan fingerprint density at radius 1 is 1.21 bits per heavy atom. The second-order valence-corrected chi connectivity index (χ2v) is 5.10. The standard InChI is InChI=1S/C15H23NO3/c1-10-9-19-15(8-16-11(10)2)13-7-12(17-3)5-6-14(13)18-4/h5-7,10-11,15-16H,8-9H2,1-4H3. The minimum Gasteiger partial charge on any atom is -0.497 e. The Hall–Kier alpha value is -1.26. The van der Waals surface area contributed by atoms with E-state index in [9.17, 15) is 0 Å². The van der Waals surface area contributed by atoms with Crippen LogP contribution >= 0.6 is 0 Å². The fourth-order valence-corrected chi connectivity index (χ4v) is 2.26. The van der Waals surface area contributed by atoms with Crippen LogP contribution in [0.25, 0.3) is 0 Å². The average molecular weight is 265 g/mol. The summed E-state index contributed by atoms with van der Waals surface area (Å²) in [4.78, 5) is 0. The Kier molecular flexibility index (Phi) is 4.66. The van der Waals surface area contributed by atoms with Gasteiger partial charge in [0.1, 0.15) is 11.5 Å². The van der Waals surface area contributed by atoms with E-state index in [1.807, 2.05) is 18.2 Å². The van der Waals surface area contributed by atoms with Crippen LogP contribution < -0.4 is 14.8 Å². The molecule has 0 spiro atoms. The molecule has 0 aromatic heterocycles. The lowest BCUT2D eigenvalue weighted by molar-refractivity contribution is 0.0480. The topological polar surface area (TPSA) is 39.7 Å². The molecule has 19 heavy (non-hydrogen) atoms. The fourth-order valence-electron chi connectivity index (χ4n) is 2.26. The van der Waals surface area contributed by atoms with Crippen molar-refractivity contribution in [3.8, 4) is 11.5 Å². The summed E-state index contributed by atoms with van der Waals surface area (Å²) >= 11 is 0. The van der Waals surface area contributed by atoms with Gasteiger partial charge in [-0.25, -0.2) is 0 Å². The van der Waals surface area contributed by atoms with Gasteiger partial charge in [-0.2, -0.15) is 0 Å². The van der Waals surface area contributed by atoms with Gasteiger partial charge in [0.25, 0.3) is 0 Å². The van der Waals surface area contributed by atoms with Crippen molar-refractivity contribution in [3.63, 3.8) is 0 Å². The number of hydrogen-bond acceptors (Lipinski definition) is 4. The van der Waals surface area contributed by atoms with Crippen molar-refractivity contribution in [1.29, 1.82) is 0 Å². The molecule has 3 atom stereocenters. The molecule has 3 unspecified atom stereocenters. The molecule has 2 rings (SSSR count). The van der Waals surface area contributed by atoms with Gasteiger partial charge in [-0.05, 0) is 31.0 Å². The summed E-state index contributed by atoms with van der Waals surface area (Å²) in [6, 6.07) is 6.28. The molecule has 4 heteroatoms. The van der Waals surface area contributed by atoms with Crippen LogP contribution in [0.3, 0.4) is 0 Å². The Bertz CT molecular complexity index is 410. The summed E-state index contributed by atoms with van der Waals surface area (Å²) in [7, 11) is 3.35. The zero-order chi connectivity index (χ0) is 13.8. The lowest BCUT2D eigenvalue weighted by atomic mass is 10.1. The first-order valence-corrected chi connectivity index (χ1v) is 6.72. The second-order valence-electron chi connectivity index (χ2n) is 5.10. The summed E-state index contributed by atoms with van der Waals surface area (Å²) in [5.41, 5.74) is 1.04. The van der Waals surface area contributed by atoms with E-state index < -0.39 is 0 Å². The molecule has 1 aromatic carbocycles. The fraction of sp³-hybridized carbons (Fsp3) is 0.600. The number of methoxy groups -OCH3 is 2. The third kappa shape index (κ3) is 3.19. The van der Waals surface area contributed by atoms with Gasteiger partial charge >= 0.3 is 0 Å². The van der Waals surface area contributed by atoms with E-state index in [1.165, 1.54) is 0 Å². The van der Waals surface area contributed by atoms with Crippen LogP contribution in [0.15, 0.2) is 18.2 Å². The zero-order valence-electron chi connectivity index (χ0n) is 12.1. The Labute approximate surface area is 115 Å². The van der Waals surface area contributed by atoms with E-state index in [2.05, 4.69) is 19.2 Å². The van der Waals surface area contributed by atoms with E-state index in [1.54, 1.807) is 14.2 Å². The SMILES string of the molecule is COc1ccc(OC)c(C2CNC(C)C(C)CO2)c1. The Balaban J connectivity index is 2.24. The smallest absolute Gasteiger partial charge is 0.124 e. The van der Waals surface area contributed by atoms with Crippen molar-refractivity contribution in [3.05, 3.63) is 23.8 Å². The van der Waals surface area contributed by atoms with Crippen LogP contribution in [0.4, 0.5) is 0 Å². The molecule has 0 aliphatic carbocycles. The van der Waals surface area contributed by atoms with Crippen molar-refractivity contribution in [2.24, 2.45) is 5.92 Å². The third-order valence-electron chi connectivity index (χ3n) is 3.82. The normalized spacial score (nSPS) is 27.7. The number of benzene rings is 1. The first-order chi connectivity index (χ1) is 9.15. The van der Waals surface area contributed by atoms with Crippen molar-refractivity contribution >= 4 is 0 Å². The molecule has 1 aliphatic heterocycles. The van der Waals surface area contributed by atoms with E-state index in [-0.39, 0.29) is 6.10 Å². The van der Waals surface area contributed by atoms with Crippen molar-refractivity contribution in [2.45, 2.75) is 26.0 Å². The van der Waals surface area contributed by atoms with Gasteiger partial charge in [-0.3, -0.25) is 0 Å². The van der Waals surface area contributed by atoms with Gasteiger partial charge in [0, 0.05) is 18.2 Å². The molecule has 1 heterocycles. The number of hydrogen-bond donors (Lipinski definition) is 1. The molecule has 0 saturated carbocycles. The Morgan fingerprint density at radius 2 is 2.00 bits per heavy atom. The van der Waals surface area contributed by atoms with Crippen molar-refractivity contribution in [2.75, 3.05) is 27.4 Å². The molecule has 1 fully saturated rings. The maximum absolute atomic E-state index is 6.02. The van der Waals surface area contributed by atoms with Crippen LogP contribution in [-0.4, -0.2) is 33.4 Å². The molecule has 0 bridgehead atoms. The molecule has 0 radical (unpaired) electrons. The second kappa shape index (κ2) is 6.26. The first-order valence-electron chi connectivity index (χ1n) is 6.72. The minimum atomic E-state index is -0.00236. The predicted molar refractivity (Wildman–Crippen MR) is 74.9 cm³/mol. The first kappa shape index (κ1) is 14.2. The van der Waals surface area contributed by atoms with Gasteiger partial charge in [0.05, 0.1) is 26.9 Å². The van der Waals surface area contributed by atoms with Crippen LogP contribution in [0.1, 0.15) is 25.5 Å². The van der Waals surface area contributed by atoms with Crippen LogP contribution in [-0.2, 0) is 4.74 Å². The quantitative estimate of drug-likeness (QED) is 0.911. The Morgan fingerprint density at radius 3 is 2.68 bits per heavy atom. The van der Waals surface area contributed by atoms with E-state index in [0.29, 0.717) is 12.0 Å². The highest BCUT2D eigenvalue weighted by atomic mass is 16.5. The lowest BCUT2D eigenvalue weighted by Gasteiger charge is -2.19. The molecule has 4 nitrogen and oxygen atoms in total. The lowest BCUT2D eigenvalue weighted by Crippen LogP contribution is -2.32. The molecule has 1 aliphatic rings. The van der Waals surface area contributed by atoms with Crippen molar-refractivity contribution < 1.29 is 14.2 Å². The maximum Gasteiger partial charge on any atom is 0.124 e. The van der Waals surface area contributed by atoms with E-state index in [4.69, 9.17) is 14.2 Å². The largest absolute Gasteiger partial charge is 0.497 e. The van der Waals surface area contributed by atoms with E-state index >= 15 is 0 Å². The summed E-state index contributed by atoms with van der Waals surface area (Å²) in [6.45, 7) is 5.93. The number of ether oxygens (including phenoxy) is 3. The monoisotopic (exact) mass is 265 g/mol. The molecule has 0 amide bonds. The highest BCUT2D eigenvalue weighted by Crippen LogP contribution is 2.32. The van der Waals surface area contributed by atoms with Gasteiger partial charge in [-0.15, -0.1) is 0 Å². The molecule has 1 saturated heterocycles. The summed E-state index contributed by atoms with van der Waals surface area (Å²) in [6.07, 6.45) is -0.00236. The van der Waals surface area contributed by atoms with Gasteiger partial charge in [0.2, 0.25) is 0 Å². The molecular weight excluding hydrogens is 242 g/mol. The molecule has 1 aromatic rings. The van der Waals surface area contributed by atoms with Crippen LogP contribution in [0.5, 0.6) is 11.5 Å². The zero-order valence-corrected chi connectivity index (χ0v) is 12.1. The third-order valence-corrected chi connectivity index (χ3v) is 3.82. The number of rotatable bonds is 3. The van der Waals surface area contributed by atoms with Crippen molar-refractivity contribution in [1.82, 2.24) is 5.32 Å².